The molecule has 0 aromatic rings. The molecule has 0 N–H and O–H groups in total. The van der Waals surface area contributed by atoms with Gasteiger partial charge in [-0.05, 0) is 45.3 Å². The number of carbonyl (C=O) groups excluding carboxylic acids is 1. The molecule has 0 fully saturated rings. The molecule has 0 heterocycles. The van der Waals surface area contributed by atoms with E-state index in [9.17, 15) is 4.79 Å². The SMILES string of the molecule is CCCCCCCCC(CCCCCCCC)CCCCCCCN(C)CCCCCCCC=O. The van der Waals surface area contributed by atoms with Gasteiger partial charge in [0, 0.05) is 6.42 Å². The smallest absolute Gasteiger partial charge is 0.119 e. The molecule has 0 aliphatic heterocycles. The molecular formula is C33H67NO. The molecule has 0 aliphatic carbocycles. The molecule has 0 saturated heterocycles. The Kier molecular flexibility index (Phi) is 29.5. The van der Waals surface area contributed by atoms with Gasteiger partial charge in [-0.15, -0.1) is 0 Å². The Morgan fingerprint density at radius 2 is 0.829 bits per heavy atom. The van der Waals surface area contributed by atoms with Gasteiger partial charge in [0.1, 0.15) is 6.29 Å². The van der Waals surface area contributed by atoms with Crippen LogP contribution >= 0.6 is 0 Å². The van der Waals surface area contributed by atoms with Gasteiger partial charge in [-0.1, -0.05) is 155 Å². The van der Waals surface area contributed by atoms with Gasteiger partial charge in [0.2, 0.25) is 0 Å². The van der Waals surface area contributed by atoms with Crippen LogP contribution in [0.5, 0.6) is 0 Å². The summed E-state index contributed by atoms with van der Waals surface area (Å²) in [4.78, 5) is 12.9. The van der Waals surface area contributed by atoms with Crippen molar-refractivity contribution in [1.82, 2.24) is 4.90 Å². The van der Waals surface area contributed by atoms with Crippen molar-refractivity contribution < 1.29 is 4.79 Å². The largest absolute Gasteiger partial charge is 0.306 e. The third-order valence-corrected chi connectivity index (χ3v) is 7.95. The van der Waals surface area contributed by atoms with Crippen molar-refractivity contribution in [3.05, 3.63) is 0 Å². The van der Waals surface area contributed by atoms with Gasteiger partial charge in [-0.2, -0.15) is 0 Å². The van der Waals surface area contributed by atoms with Gasteiger partial charge < -0.3 is 9.69 Å². The maximum absolute atomic E-state index is 10.3. The Morgan fingerprint density at radius 1 is 0.486 bits per heavy atom. The molecule has 0 radical (unpaired) electrons. The van der Waals surface area contributed by atoms with E-state index in [1.165, 1.54) is 167 Å². The summed E-state index contributed by atoms with van der Waals surface area (Å²) in [7, 11) is 2.29. The van der Waals surface area contributed by atoms with Crippen molar-refractivity contribution >= 4 is 6.29 Å². The summed E-state index contributed by atoms with van der Waals surface area (Å²) in [6.07, 6.45) is 37.0. The van der Waals surface area contributed by atoms with Crippen LogP contribution in [0.2, 0.25) is 0 Å². The Bertz CT molecular complexity index is 381. The molecule has 2 heteroatoms. The predicted molar refractivity (Wildman–Crippen MR) is 158 cm³/mol. The van der Waals surface area contributed by atoms with Crippen LogP contribution < -0.4 is 0 Å². The Labute approximate surface area is 222 Å². The van der Waals surface area contributed by atoms with Crippen LogP contribution in [-0.2, 0) is 4.79 Å². The van der Waals surface area contributed by atoms with Gasteiger partial charge in [-0.3, -0.25) is 0 Å². The first-order valence-corrected chi connectivity index (χ1v) is 16.4. The zero-order valence-electron chi connectivity index (χ0n) is 24.8. The van der Waals surface area contributed by atoms with E-state index in [2.05, 4.69) is 25.8 Å². The lowest BCUT2D eigenvalue weighted by Gasteiger charge is -2.18. The minimum atomic E-state index is 0.749. The fourth-order valence-electron chi connectivity index (χ4n) is 5.46. The van der Waals surface area contributed by atoms with E-state index in [1.807, 2.05) is 0 Å². The minimum absolute atomic E-state index is 0.749. The topological polar surface area (TPSA) is 20.3 Å². The number of hydrogen-bond acceptors (Lipinski definition) is 2. The second kappa shape index (κ2) is 29.9. The third-order valence-electron chi connectivity index (χ3n) is 7.95. The van der Waals surface area contributed by atoms with E-state index < -0.39 is 0 Å². The lowest BCUT2D eigenvalue weighted by atomic mass is 9.89. The van der Waals surface area contributed by atoms with Crippen LogP contribution in [0.1, 0.15) is 181 Å². The number of unbranched alkanes of at least 4 members (excludes halogenated alkanes) is 19. The summed E-state index contributed by atoms with van der Waals surface area (Å²) in [6, 6.07) is 0. The first-order valence-electron chi connectivity index (χ1n) is 16.4. The Balaban J connectivity index is 3.77. The van der Waals surface area contributed by atoms with Gasteiger partial charge in [-0.25, -0.2) is 0 Å². The molecule has 0 amide bonds. The molecule has 0 aliphatic rings. The number of aldehydes is 1. The molecule has 0 saturated carbocycles. The van der Waals surface area contributed by atoms with E-state index in [4.69, 9.17) is 0 Å². The first-order chi connectivity index (χ1) is 17.2. The molecule has 210 valence electrons. The van der Waals surface area contributed by atoms with Crippen LogP contribution in [-0.4, -0.2) is 31.3 Å². The van der Waals surface area contributed by atoms with Crippen molar-refractivity contribution in [3.63, 3.8) is 0 Å². The lowest BCUT2D eigenvalue weighted by Crippen LogP contribution is -2.20. The maximum Gasteiger partial charge on any atom is 0.119 e. The van der Waals surface area contributed by atoms with Crippen molar-refractivity contribution in [2.45, 2.75) is 181 Å². The van der Waals surface area contributed by atoms with Crippen LogP contribution in [0.25, 0.3) is 0 Å². The summed E-state index contributed by atoms with van der Waals surface area (Å²) < 4.78 is 0. The van der Waals surface area contributed by atoms with Crippen molar-refractivity contribution in [2.24, 2.45) is 5.92 Å². The molecule has 35 heavy (non-hydrogen) atoms. The Hall–Kier alpha value is -0.370. The summed E-state index contributed by atoms with van der Waals surface area (Å²) in [5.74, 6) is 1.01. The van der Waals surface area contributed by atoms with E-state index >= 15 is 0 Å². The van der Waals surface area contributed by atoms with E-state index in [-0.39, 0.29) is 0 Å². The number of hydrogen-bond donors (Lipinski definition) is 0. The predicted octanol–water partition coefficient (Wildman–Crippen LogP) is 10.9. The fourth-order valence-corrected chi connectivity index (χ4v) is 5.46. The fraction of sp³-hybridized carbons (Fsp3) is 0.970. The van der Waals surface area contributed by atoms with Crippen molar-refractivity contribution in [3.8, 4) is 0 Å². The summed E-state index contributed by atoms with van der Waals surface area (Å²) in [5, 5.41) is 0. The van der Waals surface area contributed by atoms with E-state index in [0.717, 1.165) is 25.0 Å². The Morgan fingerprint density at radius 3 is 1.23 bits per heavy atom. The second-order valence-electron chi connectivity index (χ2n) is 11.6. The third kappa shape index (κ3) is 28.1. The molecule has 0 aromatic carbocycles. The van der Waals surface area contributed by atoms with E-state index in [1.54, 1.807) is 0 Å². The standard InChI is InChI=1S/C33H67NO/c1-4-6-8-10-15-21-27-33(28-22-16-11-9-7-5-2)29-23-17-14-19-25-31-34(3)30-24-18-12-13-20-26-32-35/h32-33H,4-31H2,1-3H3. The summed E-state index contributed by atoms with van der Waals surface area (Å²) in [6.45, 7) is 7.14. The van der Waals surface area contributed by atoms with Crippen molar-refractivity contribution in [1.29, 1.82) is 0 Å². The first kappa shape index (κ1) is 34.6. The molecule has 0 unspecified atom stereocenters. The highest BCUT2D eigenvalue weighted by molar-refractivity contribution is 5.48. The highest BCUT2D eigenvalue weighted by Gasteiger charge is 2.09. The molecular weight excluding hydrogens is 426 g/mol. The molecule has 0 rings (SSSR count). The molecule has 0 spiro atoms. The van der Waals surface area contributed by atoms with Gasteiger partial charge in [0.05, 0.1) is 0 Å². The monoisotopic (exact) mass is 494 g/mol. The summed E-state index contributed by atoms with van der Waals surface area (Å²) >= 11 is 0. The summed E-state index contributed by atoms with van der Waals surface area (Å²) in [5.41, 5.74) is 0. The zero-order valence-corrected chi connectivity index (χ0v) is 24.8. The number of nitrogens with zero attached hydrogens (tertiary/aromatic N) is 1. The number of carbonyl (C=O) groups is 1. The molecule has 2 nitrogen and oxygen atoms in total. The van der Waals surface area contributed by atoms with Crippen molar-refractivity contribution in [2.75, 3.05) is 20.1 Å². The molecule has 0 atom stereocenters. The zero-order chi connectivity index (χ0) is 25.7. The van der Waals surface area contributed by atoms with Crippen LogP contribution in [0, 0.1) is 5.92 Å². The normalized spacial score (nSPS) is 11.7. The second-order valence-corrected chi connectivity index (χ2v) is 11.6. The van der Waals surface area contributed by atoms with Gasteiger partial charge in [0.15, 0.2) is 0 Å². The average molecular weight is 494 g/mol. The quantitative estimate of drug-likeness (QED) is 0.0732. The van der Waals surface area contributed by atoms with Crippen LogP contribution in [0.15, 0.2) is 0 Å². The maximum atomic E-state index is 10.3. The lowest BCUT2D eigenvalue weighted by molar-refractivity contribution is -0.107. The minimum Gasteiger partial charge on any atom is -0.306 e. The van der Waals surface area contributed by atoms with Crippen LogP contribution in [0.4, 0.5) is 0 Å². The average Bonchev–Trinajstić information content (AvgIpc) is 2.86. The number of rotatable bonds is 30. The van der Waals surface area contributed by atoms with E-state index in [0.29, 0.717) is 0 Å². The van der Waals surface area contributed by atoms with Gasteiger partial charge in [0.25, 0.3) is 0 Å². The van der Waals surface area contributed by atoms with Crippen LogP contribution in [0.3, 0.4) is 0 Å². The highest BCUT2D eigenvalue weighted by Crippen LogP contribution is 2.24. The molecule has 0 bridgehead atoms. The molecule has 0 aromatic heterocycles. The van der Waals surface area contributed by atoms with Gasteiger partial charge >= 0.3 is 0 Å². The highest BCUT2D eigenvalue weighted by atomic mass is 16.1.